The van der Waals surface area contributed by atoms with E-state index < -0.39 is 0 Å². The molecule has 0 aliphatic carbocycles. The third-order valence-electron chi connectivity index (χ3n) is 3.27. The van der Waals surface area contributed by atoms with Gasteiger partial charge in [-0.1, -0.05) is 20.8 Å². The minimum atomic E-state index is -0.116. The Morgan fingerprint density at radius 3 is 2.35 bits per heavy atom. The zero-order valence-corrected chi connectivity index (χ0v) is 12.2. The zero-order chi connectivity index (χ0) is 13.6. The summed E-state index contributed by atoms with van der Waals surface area (Å²) in [5.41, 5.74) is 5.75. The van der Waals surface area contributed by atoms with Crippen molar-refractivity contribution < 1.29 is 4.79 Å². The van der Waals surface area contributed by atoms with Crippen molar-refractivity contribution in [1.82, 2.24) is 10.2 Å². The number of hydrogen-bond donors (Lipinski definition) is 2. The Kier molecular flexibility index (Phi) is 6.72. The summed E-state index contributed by atoms with van der Waals surface area (Å²) in [5, 5.41) is 3.00. The van der Waals surface area contributed by atoms with Crippen LogP contribution in [0.2, 0.25) is 0 Å². The van der Waals surface area contributed by atoms with Crippen LogP contribution in [0.25, 0.3) is 0 Å². The molecule has 102 valence electrons. The largest absolute Gasteiger partial charge is 0.352 e. The van der Waals surface area contributed by atoms with Gasteiger partial charge in [0.25, 0.3) is 0 Å². The van der Waals surface area contributed by atoms with E-state index in [1.54, 1.807) is 0 Å². The topological polar surface area (TPSA) is 58.4 Å². The maximum Gasteiger partial charge on any atom is 0.237 e. The predicted molar refractivity (Wildman–Crippen MR) is 72.8 cm³/mol. The lowest BCUT2D eigenvalue weighted by atomic mass is 9.93. The van der Waals surface area contributed by atoms with Crippen LogP contribution in [0.1, 0.15) is 41.0 Å². The Morgan fingerprint density at radius 2 is 1.94 bits per heavy atom. The monoisotopic (exact) mass is 243 g/mol. The number of likely N-dealkylation sites (N-methyl/N-ethyl adjacent to an activating group) is 1. The van der Waals surface area contributed by atoms with Gasteiger partial charge in [0, 0.05) is 12.6 Å². The third kappa shape index (κ3) is 6.03. The van der Waals surface area contributed by atoms with Gasteiger partial charge in [-0.2, -0.15) is 0 Å². The molecule has 3 N–H and O–H groups in total. The normalized spacial score (nSPS) is 15.8. The molecule has 1 amide bonds. The van der Waals surface area contributed by atoms with Crippen molar-refractivity contribution in [2.75, 3.05) is 20.1 Å². The van der Waals surface area contributed by atoms with Crippen LogP contribution >= 0.6 is 0 Å². The highest BCUT2D eigenvalue weighted by molar-refractivity contribution is 5.81. The zero-order valence-electron chi connectivity index (χ0n) is 12.2. The van der Waals surface area contributed by atoms with Gasteiger partial charge in [-0.25, -0.2) is 0 Å². The van der Waals surface area contributed by atoms with Gasteiger partial charge in [0.1, 0.15) is 0 Å². The lowest BCUT2D eigenvalue weighted by Crippen LogP contribution is -2.49. The van der Waals surface area contributed by atoms with Crippen LogP contribution < -0.4 is 11.1 Å². The van der Waals surface area contributed by atoms with Gasteiger partial charge in [-0.05, 0) is 39.3 Å². The highest BCUT2D eigenvalue weighted by Gasteiger charge is 2.24. The minimum absolute atomic E-state index is 0.0413. The van der Waals surface area contributed by atoms with Crippen LogP contribution in [0.5, 0.6) is 0 Å². The standard InChI is InChI=1S/C13H29N3O/c1-7-10(2)15-12(17)11(3)16(6)9-13(4,5)8-14/h10-11H,7-9,14H2,1-6H3,(H,15,17). The summed E-state index contributed by atoms with van der Waals surface area (Å²) in [6, 6.07) is 0.121. The molecule has 0 bridgehead atoms. The number of carbonyl (C=O) groups is 1. The first kappa shape index (κ1) is 16.4. The molecule has 2 atom stereocenters. The smallest absolute Gasteiger partial charge is 0.237 e. The molecule has 2 unspecified atom stereocenters. The van der Waals surface area contributed by atoms with Gasteiger partial charge < -0.3 is 11.1 Å². The fourth-order valence-corrected chi connectivity index (χ4v) is 1.54. The fourth-order valence-electron chi connectivity index (χ4n) is 1.54. The highest BCUT2D eigenvalue weighted by atomic mass is 16.2. The van der Waals surface area contributed by atoms with E-state index in [1.165, 1.54) is 0 Å². The fraction of sp³-hybridized carbons (Fsp3) is 0.923. The van der Waals surface area contributed by atoms with Gasteiger partial charge in [0.15, 0.2) is 0 Å². The van der Waals surface area contributed by atoms with E-state index in [2.05, 4.69) is 31.0 Å². The molecule has 0 radical (unpaired) electrons. The maximum absolute atomic E-state index is 11.9. The second-order valence-corrected chi connectivity index (χ2v) is 5.78. The van der Waals surface area contributed by atoms with Crippen LogP contribution in [0.3, 0.4) is 0 Å². The maximum atomic E-state index is 11.9. The van der Waals surface area contributed by atoms with Crippen molar-refractivity contribution in [1.29, 1.82) is 0 Å². The molecule has 0 aromatic rings. The van der Waals surface area contributed by atoms with E-state index in [-0.39, 0.29) is 23.4 Å². The van der Waals surface area contributed by atoms with Crippen LogP contribution in [0.15, 0.2) is 0 Å². The average molecular weight is 243 g/mol. The molecule has 0 saturated carbocycles. The van der Waals surface area contributed by atoms with E-state index in [0.29, 0.717) is 6.54 Å². The first-order valence-electron chi connectivity index (χ1n) is 6.44. The van der Waals surface area contributed by atoms with E-state index in [0.717, 1.165) is 13.0 Å². The summed E-state index contributed by atoms with van der Waals surface area (Å²) in [4.78, 5) is 14.0. The lowest BCUT2D eigenvalue weighted by Gasteiger charge is -2.32. The van der Waals surface area contributed by atoms with E-state index in [9.17, 15) is 4.79 Å². The molecular weight excluding hydrogens is 214 g/mol. The molecule has 17 heavy (non-hydrogen) atoms. The molecule has 0 fully saturated rings. The molecule has 0 heterocycles. The molecule has 0 rings (SSSR count). The van der Waals surface area contributed by atoms with Gasteiger partial charge in [-0.15, -0.1) is 0 Å². The summed E-state index contributed by atoms with van der Waals surface area (Å²) >= 11 is 0. The number of nitrogens with zero attached hydrogens (tertiary/aromatic N) is 1. The average Bonchev–Trinajstić information content (AvgIpc) is 2.27. The second-order valence-electron chi connectivity index (χ2n) is 5.78. The van der Waals surface area contributed by atoms with Crippen LogP contribution in [0, 0.1) is 5.41 Å². The molecule has 4 heteroatoms. The quantitative estimate of drug-likeness (QED) is 0.706. The van der Waals surface area contributed by atoms with E-state index in [1.807, 2.05) is 20.9 Å². The summed E-state index contributed by atoms with van der Waals surface area (Å²) in [5.74, 6) is 0.0923. The first-order chi connectivity index (χ1) is 7.73. The molecule has 0 saturated heterocycles. The van der Waals surface area contributed by atoms with Gasteiger partial charge in [-0.3, -0.25) is 9.69 Å². The number of hydrogen-bond acceptors (Lipinski definition) is 3. The first-order valence-corrected chi connectivity index (χ1v) is 6.44. The molecule has 4 nitrogen and oxygen atoms in total. The van der Waals surface area contributed by atoms with Gasteiger partial charge >= 0.3 is 0 Å². The van der Waals surface area contributed by atoms with E-state index >= 15 is 0 Å². The summed E-state index contributed by atoms with van der Waals surface area (Å²) in [6.45, 7) is 11.7. The number of amides is 1. The Labute approximate surface area is 106 Å². The number of nitrogens with one attached hydrogen (secondary N) is 1. The molecule has 0 spiro atoms. The Balaban J connectivity index is 4.30. The Bertz CT molecular complexity index is 241. The van der Waals surface area contributed by atoms with Crippen molar-refractivity contribution >= 4 is 5.91 Å². The van der Waals surface area contributed by atoms with Crippen LogP contribution in [-0.2, 0) is 4.79 Å². The predicted octanol–water partition coefficient (Wildman–Crippen LogP) is 1.21. The Morgan fingerprint density at radius 1 is 1.41 bits per heavy atom. The lowest BCUT2D eigenvalue weighted by molar-refractivity contribution is -0.126. The summed E-state index contributed by atoms with van der Waals surface area (Å²) < 4.78 is 0. The highest BCUT2D eigenvalue weighted by Crippen LogP contribution is 2.15. The van der Waals surface area contributed by atoms with Crippen molar-refractivity contribution in [3.05, 3.63) is 0 Å². The SMILES string of the molecule is CCC(C)NC(=O)C(C)N(C)CC(C)(C)CN. The second kappa shape index (κ2) is 6.97. The van der Waals surface area contributed by atoms with E-state index in [4.69, 9.17) is 5.73 Å². The van der Waals surface area contributed by atoms with Crippen molar-refractivity contribution in [3.8, 4) is 0 Å². The number of carbonyl (C=O) groups excluding carboxylic acids is 1. The minimum Gasteiger partial charge on any atom is -0.352 e. The number of nitrogens with two attached hydrogens (primary N) is 1. The van der Waals surface area contributed by atoms with Crippen LogP contribution in [0.4, 0.5) is 0 Å². The number of rotatable bonds is 7. The summed E-state index contributed by atoms with van der Waals surface area (Å²) in [6.07, 6.45) is 0.955. The van der Waals surface area contributed by atoms with Crippen molar-refractivity contribution in [3.63, 3.8) is 0 Å². The van der Waals surface area contributed by atoms with Gasteiger partial charge in [0.2, 0.25) is 5.91 Å². The summed E-state index contributed by atoms with van der Waals surface area (Å²) in [7, 11) is 1.97. The molecule has 0 aliphatic rings. The van der Waals surface area contributed by atoms with Crippen molar-refractivity contribution in [2.45, 2.75) is 53.1 Å². The third-order valence-corrected chi connectivity index (χ3v) is 3.27. The van der Waals surface area contributed by atoms with Gasteiger partial charge in [0.05, 0.1) is 6.04 Å². The molecule has 0 aliphatic heterocycles. The van der Waals surface area contributed by atoms with Crippen molar-refractivity contribution in [2.24, 2.45) is 11.1 Å². The Hall–Kier alpha value is -0.610. The molecular formula is C13H29N3O. The van der Waals surface area contributed by atoms with Crippen LogP contribution in [-0.4, -0.2) is 43.0 Å². The molecule has 0 aromatic carbocycles. The molecule has 0 aromatic heterocycles.